The lowest BCUT2D eigenvalue weighted by Crippen LogP contribution is -2.60. The molecule has 3 heterocycles. The number of methoxy groups -OCH3 is 2. The summed E-state index contributed by atoms with van der Waals surface area (Å²) in [6.45, 7) is 7.26. The lowest BCUT2D eigenvalue weighted by molar-refractivity contribution is -0.148. The summed E-state index contributed by atoms with van der Waals surface area (Å²) in [5.74, 6) is -10.6. The standard InChI is InChI=1S/C56H82N12O18S/c1-8-30(3)48(57)53(80)61-27-45(74)63-40-29-87-55-36(35-22-33(10-11-37(35)66-55)62-44(73)15-18-85-20-21-86-19-17-59-43(72)13-12-42(71)58-16-14-46(75)83-6)24-38(50(77)60-26-32(5)69)64-54(81)49(31(4)9-2)67-52(79)41-23-34(70)28-68(41)56(82)39(65-51(40)78)25-47(76)84-7/h10-13,22,30-31,34,38-41,48-49,66,70H,8-9,14-21,23-29,57H2,1-7H3,(H,58,71)(H,59,72)(H,60,77)(H,61,80)(H,62,73)(H,63,74)(H,64,81)(H,65,78)(H,67,79)/b13-12-/t30-,31-,34+,38-,39-,40-,41-,48-,49-/m0/s1. The lowest BCUT2D eigenvalue weighted by Gasteiger charge is -2.31. The second-order valence-corrected chi connectivity index (χ2v) is 21.8. The Labute approximate surface area is 507 Å². The number of thioether (sulfide) groups is 1. The van der Waals surface area contributed by atoms with Crippen molar-refractivity contribution in [1.29, 1.82) is 0 Å². The number of aromatic nitrogens is 1. The molecule has 9 atom stereocenters. The van der Waals surface area contributed by atoms with E-state index in [9.17, 15) is 67.4 Å². The van der Waals surface area contributed by atoms with E-state index in [2.05, 4.69) is 57.6 Å². The summed E-state index contributed by atoms with van der Waals surface area (Å²) in [6, 6.07) is -3.71. The van der Waals surface area contributed by atoms with Crippen molar-refractivity contribution in [3.8, 4) is 0 Å². The number of anilines is 1. The topological polar surface area (TPSA) is 432 Å². The Bertz CT molecular complexity index is 2830. The van der Waals surface area contributed by atoms with Gasteiger partial charge in [-0.05, 0) is 42.5 Å². The number of Topliss-reactive ketones (excluding diaryl/α,β-unsaturated/α-hetero) is 1. The maximum absolute atomic E-state index is 14.6. The minimum atomic E-state index is -1.73. The summed E-state index contributed by atoms with van der Waals surface area (Å²) in [6.07, 6.45) is 0.168. The number of ketones is 1. The Morgan fingerprint density at radius 3 is 2.13 bits per heavy atom. The quantitative estimate of drug-likeness (QED) is 0.0233. The fraction of sp³-hybridized carbons (Fsp3) is 0.589. The minimum absolute atomic E-state index is 0.0204. The van der Waals surface area contributed by atoms with Gasteiger partial charge in [-0.15, -0.1) is 11.8 Å². The number of esters is 2. The normalized spacial score (nSPS) is 20.4. The number of hydrogen-bond acceptors (Lipinski definition) is 20. The summed E-state index contributed by atoms with van der Waals surface area (Å²) in [4.78, 5) is 176. The van der Waals surface area contributed by atoms with Crippen molar-refractivity contribution in [3.63, 3.8) is 0 Å². The first-order valence-corrected chi connectivity index (χ1v) is 29.5. The average molecular weight is 1240 g/mol. The summed E-state index contributed by atoms with van der Waals surface area (Å²) in [5, 5.41) is 34.9. The Hall–Kier alpha value is -8.00. The number of carbonyl (C=O) groups is 13. The van der Waals surface area contributed by atoms with E-state index in [1.54, 1.807) is 39.0 Å². The number of aliphatic hydroxyl groups excluding tert-OH is 1. The summed E-state index contributed by atoms with van der Waals surface area (Å²) >= 11 is 0.960. The number of H-pyrrole nitrogens is 1. The molecule has 480 valence electrons. The van der Waals surface area contributed by atoms with Crippen LogP contribution in [0.2, 0.25) is 0 Å². The first-order valence-electron chi connectivity index (χ1n) is 28.5. The summed E-state index contributed by atoms with van der Waals surface area (Å²) in [7, 11) is 2.28. The van der Waals surface area contributed by atoms with E-state index in [0.717, 1.165) is 35.9 Å². The lowest BCUT2D eigenvalue weighted by atomic mass is 9.96. The highest BCUT2D eigenvalue weighted by molar-refractivity contribution is 7.99. The highest BCUT2D eigenvalue weighted by Crippen LogP contribution is 2.34. The van der Waals surface area contributed by atoms with Gasteiger partial charge in [0.1, 0.15) is 36.0 Å². The van der Waals surface area contributed by atoms with Gasteiger partial charge < -0.3 is 87.5 Å². The zero-order valence-corrected chi connectivity index (χ0v) is 50.7. The molecule has 30 nitrogen and oxygen atoms in total. The second kappa shape index (κ2) is 36.2. The molecule has 1 aromatic carbocycles. The third-order valence-corrected chi connectivity index (χ3v) is 15.4. The molecule has 13 N–H and O–H groups in total. The van der Waals surface area contributed by atoms with Gasteiger partial charge in [0.25, 0.3) is 0 Å². The molecule has 4 rings (SSSR count). The number of benzene rings is 1. The number of carbonyl (C=O) groups excluding carboxylic acids is 13. The van der Waals surface area contributed by atoms with Crippen LogP contribution < -0.4 is 53.6 Å². The van der Waals surface area contributed by atoms with E-state index in [1.165, 1.54) is 14.0 Å². The number of nitrogens with zero attached hydrogens (tertiary/aromatic N) is 1. The Morgan fingerprint density at radius 1 is 0.793 bits per heavy atom. The van der Waals surface area contributed by atoms with Crippen LogP contribution in [0.5, 0.6) is 0 Å². The molecule has 0 bridgehead atoms. The van der Waals surface area contributed by atoms with Gasteiger partial charge in [0.2, 0.25) is 59.1 Å². The summed E-state index contributed by atoms with van der Waals surface area (Å²) in [5.41, 5.74) is 7.14. The number of aliphatic hydroxyl groups is 1. The van der Waals surface area contributed by atoms with Crippen LogP contribution in [-0.2, 0) is 87.7 Å². The Balaban J connectivity index is 1.65. The molecule has 0 saturated carbocycles. The molecule has 0 spiro atoms. The van der Waals surface area contributed by atoms with Crippen molar-refractivity contribution in [2.24, 2.45) is 17.6 Å². The zero-order valence-electron chi connectivity index (χ0n) is 49.9. The van der Waals surface area contributed by atoms with Crippen molar-refractivity contribution < 1.29 is 86.4 Å². The van der Waals surface area contributed by atoms with Gasteiger partial charge in [0.15, 0.2) is 0 Å². The third-order valence-electron chi connectivity index (χ3n) is 14.2. The molecule has 1 aromatic heterocycles. The molecular weight excluding hydrogens is 1160 g/mol. The predicted octanol–water partition coefficient (Wildman–Crippen LogP) is -2.77. The monoisotopic (exact) mass is 1240 g/mol. The number of amides is 10. The number of rotatable bonds is 28. The second-order valence-electron chi connectivity index (χ2n) is 20.8. The van der Waals surface area contributed by atoms with E-state index in [1.807, 2.05) is 6.92 Å². The van der Waals surface area contributed by atoms with Crippen molar-refractivity contribution in [3.05, 3.63) is 35.9 Å². The molecular formula is C56H82N12O18S. The van der Waals surface area contributed by atoms with E-state index < -0.39 is 151 Å². The average Bonchev–Trinajstić information content (AvgIpc) is 2.25. The van der Waals surface area contributed by atoms with E-state index in [-0.39, 0.29) is 87.6 Å². The van der Waals surface area contributed by atoms with Gasteiger partial charge in [-0.1, -0.05) is 40.5 Å². The third kappa shape index (κ3) is 23.3. The molecule has 0 radical (unpaired) electrons. The number of nitrogens with one attached hydrogen (secondary N) is 10. The Morgan fingerprint density at radius 2 is 1.47 bits per heavy atom. The number of nitrogens with two attached hydrogens (primary N) is 1. The molecule has 2 aromatic rings. The van der Waals surface area contributed by atoms with Crippen LogP contribution in [0.4, 0.5) is 5.69 Å². The van der Waals surface area contributed by atoms with Crippen molar-refractivity contribution in [1.82, 2.24) is 52.4 Å². The van der Waals surface area contributed by atoms with Crippen molar-refractivity contribution >= 4 is 105 Å². The number of ether oxygens (including phenoxy) is 4. The van der Waals surface area contributed by atoms with Crippen LogP contribution in [-0.4, -0.2) is 213 Å². The highest BCUT2D eigenvalue weighted by Gasteiger charge is 2.44. The van der Waals surface area contributed by atoms with Crippen LogP contribution in [0.3, 0.4) is 0 Å². The number of fused-ring (bicyclic) bond motifs is 4. The first-order chi connectivity index (χ1) is 41.4. The van der Waals surface area contributed by atoms with Crippen LogP contribution in [0.25, 0.3) is 10.9 Å². The molecule has 1 fully saturated rings. The van der Waals surface area contributed by atoms with Gasteiger partial charge >= 0.3 is 11.9 Å². The molecule has 2 aliphatic rings. The molecule has 2 aliphatic heterocycles. The highest BCUT2D eigenvalue weighted by atomic mass is 32.2. The molecule has 0 unspecified atom stereocenters. The SMILES string of the molecule is CC[C@H](C)[C@H](N)C(=O)NCC(=O)N[C@H]1CSc2[nH]c3ccc(NC(=O)CCOCCOCCNC(=O)/C=C\C(=O)NCCC(=O)OC)cc3c2C[C@@H](C(=O)NCC(C)=O)NC(=O)[C@H]([C@@H](C)CC)NC(=O)[C@@H]2C[C@@H](O)CN2C(=O)[C@H](CC(=O)OC)NC1=O. The van der Waals surface area contributed by atoms with Crippen molar-refractivity contribution in [2.75, 3.05) is 84.4 Å². The minimum Gasteiger partial charge on any atom is -0.469 e. The molecule has 87 heavy (non-hydrogen) atoms. The van der Waals surface area contributed by atoms with Gasteiger partial charge in [-0.2, -0.15) is 0 Å². The Kier molecular flexibility index (Phi) is 29.8. The predicted molar refractivity (Wildman–Crippen MR) is 313 cm³/mol. The van der Waals surface area contributed by atoms with Gasteiger partial charge in [-0.25, -0.2) is 0 Å². The molecule has 31 heteroatoms. The molecule has 10 amide bonds. The molecule has 0 aliphatic carbocycles. The fourth-order valence-electron chi connectivity index (χ4n) is 8.82. The van der Waals surface area contributed by atoms with Gasteiger partial charge in [-0.3, -0.25) is 62.3 Å². The van der Waals surface area contributed by atoms with E-state index in [0.29, 0.717) is 29.3 Å². The number of aromatic amines is 1. The van der Waals surface area contributed by atoms with Crippen molar-refractivity contribution in [2.45, 2.75) is 127 Å². The van der Waals surface area contributed by atoms with Gasteiger partial charge in [0.05, 0.1) is 90.2 Å². The summed E-state index contributed by atoms with van der Waals surface area (Å²) < 4.78 is 20.4. The first kappa shape index (κ1) is 71.5. The fourth-order valence-corrected chi connectivity index (χ4v) is 9.94. The van der Waals surface area contributed by atoms with Crippen LogP contribution in [0.1, 0.15) is 78.7 Å². The molecule has 1 saturated heterocycles. The van der Waals surface area contributed by atoms with Gasteiger partial charge in [0, 0.05) is 67.0 Å². The van der Waals surface area contributed by atoms with Crippen LogP contribution in [0, 0.1) is 11.8 Å². The largest absolute Gasteiger partial charge is 0.469 e. The maximum Gasteiger partial charge on any atom is 0.308 e. The number of hydrogen-bond donors (Lipinski definition) is 12. The van der Waals surface area contributed by atoms with E-state index in [4.69, 9.17) is 19.9 Å². The van der Waals surface area contributed by atoms with Crippen LogP contribution >= 0.6 is 11.8 Å². The van der Waals surface area contributed by atoms with E-state index >= 15 is 0 Å². The van der Waals surface area contributed by atoms with Crippen LogP contribution in [0.15, 0.2) is 35.4 Å². The smallest absolute Gasteiger partial charge is 0.308 e. The zero-order chi connectivity index (χ0) is 64.3. The maximum atomic E-state index is 14.6.